The largest absolute Gasteiger partial charge is 0.388 e. The van der Waals surface area contributed by atoms with Crippen LogP contribution in [0.2, 0.25) is 0 Å². The number of hydrogen-bond acceptors (Lipinski definition) is 5. The van der Waals surface area contributed by atoms with Gasteiger partial charge >= 0.3 is 6.03 Å². The number of amides is 2. The number of hydrogen-bond donors (Lipinski definition) is 1. The number of aliphatic hydroxyl groups excluding tert-OH is 1. The Hall–Kier alpha value is -2.77. The average Bonchev–Trinajstić information content (AvgIpc) is 2.72. The second kappa shape index (κ2) is 8.75. The highest BCUT2D eigenvalue weighted by Gasteiger charge is 2.25. The van der Waals surface area contributed by atoms with E-state index in [4.69, 9.17) is 9.84 Å². The maximum Gasteiger partial charge on any atom is 0.326 e. The number of anilines is 1. The van der Waals surface area contributed by atoms with Gasteiger partial charge in [0.2, 0.25) is 0 Å². The van der Waals surface area contributed by atoms with E-state index in [9.17, 15) is 9.59 Å². The number of ketones is 1. The van der Waals surface area contributed by atoms with E-state index in [1.165, 1.54) is 0 Å². The van der Waals surface area contributed by atoms with E-state index >= 15 is 0 Å². The topological polar surface area (TPSA) is 83.0 Å². The minimum Gasteiger partial charge on any atom is -0.388 e. The van der Waals surface area contributed by atoms with Crippen molar-refractivity contribution in [2.75, 3.05) is 37.8 Å². The number of Topliss-reactive ketones (excluding diaryl/α,β-unsaturated/α-hetero) is 1. The Kier molecular flexibility index (Phi) is 6.16. The molecule has 0 aliphatic carbocycles. The van der Waals surface area contributed by atoms with E-state index in [2.05, 4.69) is 4.98 Å². The first-order valence-electron chi connectivity index (χ1n) is 8.89. The molecule has 0 saturated carbocycles. The Morgan fingerprint density at radius 2 is 1.85 bits per heavy atom. The summed E-state index contributed by atoms with van der Waals surface area (Å²) < 4.78 is 5.34. The molecule has 1 aliphatic rings. The summed E-state index contributed by atoms with van der Waals surface area (Å²) >= 11 is 0. The first-order valence-corrected chi connectivity index (χ1v) is 8.89. The van der Waals surface area contributed by atoms with Crippen LogP contribution in [-0.2, 0) is 11.3 Å². The van der Waals surface area contributed by atoms with Crippen LogP contribution in [0.4, 0.5) is 10.6 Å². The molecule has 1 aliphatic heterocycles. The molecule has 0 bridgehead atoms. The predicted molar refractivity (Wildman–Crippen MR) is 101 cm³/mol. The Bertz CT molecular complexity index is 801. The molecule has 0 radical (unpaired) electrons. The van der Waals surface area contributed by atoms with Crippen molar-refractivity contribution in [2.45, 2.75) is 13.5 Å². The monoisotopic (exact) mass is 369 g/mol. The van der Waals surface area contributed by atoms with E-state index in [1.54, 1.807) is 34.1 Å². The van der Waals surface area contributed by atoms with Gasteiger partial charge in [-0.1, -0.05) is 30.3 Å². The maximum absolute atomic E-state index is 13.1. The number of urea groups is 1. The number of nitrogens with zero attached hydrogens (tertiary/aromatic N) is 3. The third kappa shape index (κ3) is 4.69. The lowest BCUT2D eigenvalue weighted by Gasteiger charge is -2.32. The van der Waals surface area contributed by atoms with E-state index in [0.717, 1.165) is 11.3 Å². The number of aryl methyl sites for hydroxylation is 1. The van der Waals surface area contributed by atoms with Crippen molar-refractivity contribution in [1.82, 2.24) is 9.88 Å². The molecule has 7 heteroatoms. The van der Waals surface area contributed by atoms with E-state index in [0.29, 0.717) is 44.2 Å². The highest BCUT2D eigenvalue weighted by atomic mass is 16.5. The second-order valence-corrected chi connectivity index (χ2v) is 6.38. The van der Waals surface area contributed by atoms with Crippen LogP contribution in [0.3, 0.4) is 0 Å². The fourth-order valence-electron chi connectivity index (χ4n) is 2.92. The maximum atomic E-state index is 13.1. The SMILES string of the molecule is Cc1cccc(N(Cc2ccc(C(=O)CO)cc2)C(=O)N2CCOCC2)n1. The number of aromatic nitrogens is 1. The summed E-state index contributed by atoms with van der Waals surface area (Å²) in [6.45, 7) is 3.85. The summed E-state index contributed by atoms with van der Waals surface area (Å²) in [5.41, 5.74) is 2.14. The summed E-state index contributed by atoms with van der Waals surface area (Å²) in [6.07, 6.45) is 0. The number of morpholine rings is 1. The van der Waals surface area contributed by atoms with Gasteiger partial charge in [-0.2, -0.15) is 0 Å². The lowest BCUT2D eigenvalue weighted by molar-refractivity contribution is 0.0547. The molecule has 27 heavy (non-hydrogen) atoms. The van der Waals surface area contributed by atoms with Crippen LogP contribution in [0.15, 0.2) is 42.5 Å². The molecule has 0 unspecified atom stereocenters. The van der Waals surface area contributed by atoms with Gasteiger partial charge in [0.1, 0.15) is 12.4 Å². The van der Waals surface area contributed by atoms with Gasteiger partial charge in [-0.3, -0.25) is 9.69 Å². The van der Waals surface area contributed by atoms with Crippen LogP contribution in [0.25, 0.3) is 0 Å². The molecule has 2 aromatic rings. The Morgan fingerprint density at radius 3 is 2.48 bits per heavy atom. The predicted octanol–water partition coefficient (Wildman–Crippen LogP) is 2.02. The summed E-state index contributed by atoms with van der Waals surface area (Å²) in [5, 5.41) is 8.97. The number of aliphatic hydroxyl groups is 1. The van der Waals surface area contributed by atoms with Crippen LogP contribution < -0.4 is 4.90 Å². The van der Waals surface area contributed by atoms with Gasteiger partial charge in [-0.05, 0) is 24.6 Å². The molecule has 3 rings (SSSR count). The van der Waals surface area contributed by atoms with Crippen molar-refractivity contribution in [3.05, 3.63) is 59.3 Å². The summed E-state index contributed by atoms with van der Waals surface area (Å²) in [5.74, 6) is 0.255. The molecule has 1 aromatic heterocycles. The number of carbonyl (C=O) groups excluding carboxylic acids is 2. The number of pyridine rings is 1. The van der Waals surface area contributed by atoms with E-state index in [-0.39, 0.29) is 11.8 Å². The fraction of sp³-hybridized carbons (Fsp3) is 0.350. The Labute approximate surface area is 158 Å². The third-order valence-corrected chi connectivity index (χ3v) is 4.42. The Morgan fingerprint density at radius 1 is 1.15 bits per heavy atom. The average molecular weight is 369 g/mol. The molecule has 1 fully saturated rings. The zero-order valence-electron chi connectivity index (χ0n) is 15.3. The summed E-state index contributed by atoms with van der Waals surface area (Å²) in [7, 11) is 0. The zero-order valence-corrected chi connectivity index (χ0v) is 15.3. The van der Waals surface area contributed by atoms with Gasteiger partial charge in [0.25, 0.3) is 0 Å². The first-order chi connectivity index (χ1) is 13.1. The molecule has 0 spiro atoms. The van der Waals surface area contributed by atoms with Crippen molar-refractivity contribution < 1.29 is 19.4 Å². The van der Waals surface area contributed by atoms with Crippen molar-refractivity contribution in [2.24, 2.45) is 0 Å². The molecular formula is C20H23N3O4. The van der Waals surface area contributed by atoms with Gasteiger partial charge in [0, 0.05) is 24.3 Å². The van der Waals surface area contributed by atoms with Crippen LogP contribution in [0.5, 0.6) is 0 Å². The van der Waals surface area contributed by atoms with Crippen LogP contribution in [-0.4, -0.2) is 59.7 Å². The van der Waals surface area contributed by atoms with E-state index < -0.39 is 6.61 Å². The highest BCUT2D eigenvalue weighted by molar-refractivity contribution is 5.97. The molecule has 0 atom stereocenters. The number of carbonyl (C=O) groups is 2. The number of rotatable bonds is 5. The van der Waals surface area contributed by atoms with Gasteiger partial charge in [0.15, 0.2) is 5.78 Å². The Balaban J connectivity index is 1.85. The first kappa shape index (κ1) is 19.0. The molecule has 1 saturated heterocycles. The minimum absolute atomic E-state index is 0.119. The molecule has 7 nitrogen and oxygen atoms in total. The van der Waals surface area contributed by atoms with Gasteiger partial charge < -0.3 is 14.7 Å². The lowest BCUT2D eigenvalue weighted by Crippen LogP contribution is -2.48. The van der Waals surface area contributed by atoms with E-state index in [1.807, 2.05) is 25.1 Å². The highest BCUT2D eigenvalue weighted by Crippen LogP contribution is 2.19. The minimum atomic E-state index is -0.520. The fourth-order valence-corrected chi connectivity index (χ4v) is 2.92. The molecule has 142 valence electrons. The van der Waals surface area contributed by atoms with Crippen molar-refractivity contribution in [3.8, 4) is 0 Å². The van der Waals surface area contributed by atoms with Crippen LogP contribution in [0, 0.1) is 6.92 Å². The molecule has 2 amide bonds. The second-order valence-electron chi connectivity index (χ2n) is 6.38. The smallest absolute Gasteiger partial charge is 0.326 e. The van der Waals surface area contributed by atoms with Crippen molar-refractivity contribution in [1.29, 1.82) is 0 Å². The number of ether oxygens (including phenoxy) is 1. The van der Waals surface area contributed by atoms with Crippen LogP contribution in [0.1, 0.15) is 21.6 Å². The third-order valence-electron chi connectivity index (χ3n) is 4.42. The normalized spacial score (nSPS) is 14.1. The van der Waals surface area contributed by atoms with Gasteiger partial charge in [0.05, 0.1) is 19.8 Å². The number of benzene rings is 1. The summed E-state index contributed by atoms with van der Waals surface area (Å²) in [6, 6.07) is 12.4. The van der Waals surface area contributed by atoms with Gasteiger partial charge in [-0.15, -0.1) is 0 Å². The quantitative estimate of drug-likeness (QED) is 0.816. The lowest BCUT2D eigenvalue weighted by atomic mass is 10.1. The summed E-state index contributed by atoms with van der Waals surface area (Å²) in [4.78, 5) is 32.6. The van der Waals surface area contributed by atoms with Crippen LogP contribution >= 0.6 is 0 Å². The molecular weight excluding hydrogens is 346 g/mol. The van der Waals surface area contributed by atoms with Gasteiger partial charge in [-0.25, -0.2) is 9.78 Å². The standard InChI is InChI=1S/C20H23N3O4/c1-15-3-2-4-19(21-15)23(20(26)22-9-11-27-12-10-22)13-16-5-7-17(8-6-16)18(25)14-24/h2-8,24H,9-14H2,1H3. The molecule has 2 heterocycles. The molecule has 1 aromatic carbocycles. The molecule has 1 N–H and O–H groups in total. The zero-order chi connectivity index (χ0) is 19.2. The van der Waals surface area contributed by atoms with Crippen molar-refractivity contribution >= 4 is 17.6 Å². The van der Waals surface area contributed by atoms with Crippen molar-refractivity contribution in [3.63, 3.8) is 0 Å².